The summed E-state index contributed by atoms with van der Waals surface area (Å²) >= 11 is 0. The third-order valence-electron chi connectivity index (χ3n) is 4.41. The number of hydrogen-bond acceptors (Lipinski definition) is 4. The summed E-state index contributed by atoms with van der Waals surface area (Å²) in [5.74, 6) is -0.310. The number of ether oxygens (including phenoxy) is 1. The van der Waals surface area contributed by atoms with Crippen molar-refractivity contribution in [2.24, 2.45) is 5.92 Å². The Bertz CT molecular complexity index is 420. The standard InChI is InChI=1S/C14H25NO4S/c1-2-19-14(16)12-8-10-15(11-9-12)20(17,18)13-6-4-3-5-7-13/h12-13H,2-11H2,1H3. The summed E-state index contributed by atoms with van der Waals surface area (Å²) in [5.41, 5.74) is 0. The first-order chi connectivity index (χ1) is 9.55. The molecule has 0 aromatic heterocycles. The summed E-state index contributed by atoms with van der Waals surface area (Å²) in [4.78, 5) is 11.7. The lowest BCUT2D eigenvalue weighted by Gasteiger charge is -2.34. The SMILES string of the molecule is CCOC(=O)C1CCN(S(=O)(=O)C2CCCCC2)CC1. The topological polar surface area (TPSA) is 63.7 Å². The van der Waals surface area contributed by atoms with E-state index in [-0.39, 0.29) is 17.1 Å². The fourth-order valence-corrected chi connectivity index (χ4v) is 5.25. The number of esters is 1. The summed E-state index contributed by atoms with van der Waals surface area (Å²) in [7, 11) is -3.17. The smallest absolute Gasteiger partial charge is 0.309 e. The van der Waals surface area contributed by atoms with Crippen LogP contribution in [0.2, 0.25) is 0 Å². The molecule has 2 aliphatic rings. The number of rotatable bonds is 4. The van der Waals surface area contributed by atoms with Gasteiger partial charge in [-0.25, -0.2) is 12.7 Å². The first-order valence-electron chi connectivity index (χ1n) is 7.71. The van der Waals surface area contributed by atoms with Crippen molar-refractivity contribution >= 4 is 16.0 Å². The van der Waals surface area contributed by atoms with E-state index in [0.717, 1.165) is 32.1 Å². The molecule has 20 heavy (non-hydrogen) atoms. The number of hydrogen-bond donors (Lipinski definition) is 0. The predicted octanol–water partition coefficient (Wildman–Crippen LogP) is 1.92. The molecular weight excluding hydrogens is 278 g/mol. The van der Waals surface area contributed by atoms with Gasteiger partial charge in [0.1, 0.15) is 0 Å². The Balaban J connectivity index is 1.90. The second-order valence-electron chi connectivity index (χ2n) is 5.73. The third kappa shape index (κ3) is 3.52. The van der Waals surface area contributed by atoms with E-state index in [2.05, 4.69) is 0 Å². The summed E-state index contributed by atoms with van der Waals surface area (Å²) in [6, 6.07) is 0. The molecule has 0 spiro atoms. The Morgan fingerprint density at radius 1 is 1.10 bits per heavy atom. The minimum Gasteiger partial charge on any atom is -0.466 e. The fraction of sp³-hybridized carbons (Fsp3) is 0.929. The number of sulfonamides is 1. The lowest BCUT2D eigenvalue weighted by molar-refractivity contribution is -0.149. The molecule has 1 saturated carbocycles. The van der Waals surface area contributed by atoms with Gasteiger partial charge in [-0.3, -0.25) is 4.79 Å². The highest BCUT2D eigenvalue weighted by Gasteiger charge is 2.36. The van der Waals surface area contributed by atoms with Gasteiger partial charge in [0.2, 0.25) is 10.0 Å². The highest BCUT2D eigenvalue weighted by Crippen LogP contribution is 2.29. The van der Waals surface area contributed by atoms with Crippen LogP contribution >= 0.6 is 0 Å². The van der Waals surface area contributed by atoms with E-state index in [0.29, 0.717) is 32.5 Å². The molecule has 0 bridgehead atoms. The molecule has 0 atom stereocenters. The Kier molecular flexibility index (Phi) is 5.43. The van der Waals surface area contributed by atoms with Crippen LogP contribution in [0.3, 0.4) is 0 Å². The van der Waals surface area contributed by atoms with Crippen molar-refractivity contribution in [1.29, 1.82) is 0 Å². The summed E-state index contributed by atoms with van der Waals surface area (Å²) in [6.45, 7) is 3.10. The van der Waals surface area contributed by atoms with Crippen LogP contribution in [0, 0.1) is 5.92 Å². The van der Waals surface area contributed by atoms with Crippen molar-refractivity contribution in [3.63, 3.8) is 0 Å². The zero-order valence-corrected chi connectivity index (χ0v) is 13.0. The Labute approximate surface area is 121 Å². The van der Waals surface area contributed by atoms with Crippen molar-refractivity contribution < 1.29 is 17.9 Å². The fourth-order valence-electron chi connectivity index (χ4n) is 3.18. The van der Waals surface area contributed by atoms with Crippen LogP contribution < -0.4 is 0 Å². The molecule has 2 fully saturated rings. The molecule has 0 unspecified atom stereocenters. The van der Waals surface area contributed by atoms with Gasteiger partial charge in [-0.05, 0) is 32.6 Å². The number of carbonyl (C=O) groups excluding carboxylic acids is 1. The minimum absolute atomic E-state index is 0.132. The predicted molar refractivity (Wildman–Crippen MR) is 76.7 cm³/mol. The monoisotopic (exact) mass is 303 g/mol. The quantitative estimate of drug-likeness (QED) is 0.744. The normalized spacial score (nSPS) is 23.6. The van der Waals surface area contributed by atoms with Crippen LogP contribution in [-0.2, 0) is 19.6 Å². The summed E-state index contributed by atoms with van der Waals surface area (Å²) < 4.78 is 31.7. The van der Waals surface area contributed by atoms with E-state index in [4.69, 9.17) is 4.74 Å². The lowest BCUT2D eigenvalue weighted by Crippen LogP contribution is -2.45. The highest BCUT2D eigenvalue weighted by molar-refractivity contribution is 7.89. The number of piperidine rings is 1. The Hall–Kier alpha value is -0.620. The molecule has 0 amide bonds. The van der Waals surface area contributed by atoms with Gasteiger partial charge < -0.3 is 4.74 Å². The second-order valence-corrected chi connectivity index (χ2v) is 7.94. The van der Waals surface area contributed by atoms with Gasteiger partial charge in [0.15, 0.2) is 0 Å². The molecule has 116 valence electrons. The zero-order chi connectivity index (χ0) is 14.6. The second kappa shape index (κ2) is 6.89. The maximum Gasteiger partial charge on any atom is 0.309 e. The molecule has 6 heteroatoms. The van der Waals surface area contributed by atoms with Crippen molar-refractivity contribution in [2.75, 3.05) is 19.7 Å². The average molecular weight is 303 g/mol. The van der Waals surface area contributed by atoms with E-state index in [1.807, 2.05) is 0 Å². The van der Waals surface area contributed by atoms with Gasteiger partial charge in [0.25, 0.3) is 0 Å². The Morgan fingerprint density at radius 2 is 1.70 bits per heavy atom. The maximum absolute atomic E-state index is 12.6. The molecule has 5 nitrogen and oxygen atoms in total. The molecule has 1 aliphatic carbocycles. The molecule has 0 N–H and O–H groups in total. The van der Waals surface area contributed by atoms with Crippen molar-refractivity contribution in [3.05, 3.63) is 0 Å². The first-order valence-corrected chi connectivity index (χ1v) is 9.21. The van der Waals surface area contributed by atoms with Crippen LogP contribution in [0.5, 0.6) is 0 Å². The van der Waals surface area contributed by atoms with Crippen LogP contribution in [0.1, 0.15) is 51.9 Å². The number of carbonyl (C=O) groups is 1. The molecule has 1 aliphatic heterocycles. The molecular formula is C14H25NO4S. The molecule has 1 heterocycles. The average Bonchev–Trinajstić information content (AvgIpc) is 2.48. The van der Waals surface area contributed by atoms with Gasteiger partial charge >= 0.3 is 5.97 Å². The van der Waals surface area contributed by atoms with E-state index in [9.17, 15) is 13.2 Å². The molecule has 2 rings (SSSR count). The minimum atomic E-state index is -3.17. The van der Waals surface area contributed by atoms with Crippen molar-refractivity contribution in [2.45, 2.75) is 57.1 Å². The number of nitrogens with zero attached hydrogens (tertiary/aromatic N) is 1. The maximum atomic E-state index is 12.6. The van der Waals surface area contributed by atoms with Gasteiger partial charge in [0.05, 0.1) is 17.8 Å². The van der Waals surface area contributed by atoms with Gasteiger partial charge in [-0.2, -0.15) is 0 Å². The van der Waals surface area contributed by atoms with Gasteiger partial charge in [-0.1, -0.05) is 19.3 Å². The largest absolute Gasteiger partial charge is 0.466 e. The van der Waals surface area contributed by atoms with Crippen LogP contribution in [0.4, 0.5) is 0 Å². The van der Waals surface area contributed by atoms with Crippen LogP contribution in [-0.4, -0.2) is 43.6 Å². The molecule has 0 radical (unpaired) electrons. The lowest BCUT2D eigenvalue weighted by atomic mass is 9.98. The van der Waals surface area contributed by atoms with Crippen molar-refractivity contribution in [3.8, 4) is 0 Å². The van der Waals surface area contributed by atoms with Crippen molar-refractivity contribution in [1.82, 2.24) is 4.31 Å². The van der Waals surface area contributed by atoms with Gasteiger partial charge in [0, 0.05) is 13.1 Å². The van der Waals surface area contributed by atoms with Gasteiger partial charge in [-0.15, -0.1) is 0 Å². The van der Waals surface area contributed by atoms with E-state index in [1.165, 1.54) is 0 Å². The Morgan fingerprint density at radius 3 is 2.25 bits per heavy atom. The first kappa shape index (κ1) is 15.8. The van der Waals surface area contributed by atoms with E-state index < -0.39 is 10.0 Å². The van der Waals surface area contributed by atoms with Crippen LogP contribution in [0.15, 0.2) is 0 Å². The molecule has 0 aromatic carbocycles. The van der Waals surface area contributed by atoms with E-state index >= 15 is 0 Å². The third-order valence-corrected chi connectivity index (χ3v) is 6.81. The molecule has 1 saturated heterocycles. The highest BCUT2D eigenvalue weighted by atomic mass is 32.2. The zero-order valence-electron chi connectivity index (χ0n) is 12.2. The van der Waals surface area contributed by atoms with Crippen LogP contribution in [0.25, 0.3) is 0 Å². The molecule has 0 aromatic rings. The summed E-state index contributed by atoms with van der Waals surface area (Å²) in [6.07, 6.45) is 5.94. The summed E-state index contributed by atoms with van der Waals surface area (Å²) in [5, 5.41) is -0.199. The van der Waals surface area contributed by atoms with E-state index in [1.54, 1.807) is 11.2 Å².